The van der Waals surface area contributed by atoms with Gasteiger partial charge in [0, 0.05) is 12.4 Å². The van der Waals surface area contributed by atoms with E-state index in [-0.39, 0.29) is 25.6 Å². The number of nitrogens with zero attached hydrogens (tertiary/aromatic N) is 3. The number of esters is 1. The van der Waals surface area contributed by atoms with Gasteiger partial charge in [-0.2, -0.15) is 0 Å². The third-order valence-corrected chi connectivity index (χ3v) is 2.34. The van der Waals surface area contributed by atoms with Crippen molar-refractivity contribution < 1.29 is 28.6 Å². The molecule has 0 radical (unpaired) electrons. The first-order valence-corrected chi connectivity index (χ1v) is 6.91. The van der Waals surface area contributed by atoms with Crippen LogP contribution in [0.5, 0.6) is 0 Å². The number of hydrogen-bond acceptors (Lipinski definition) is 7. The molecule has 0 saturated heterocycles. The maximum absolute atomic E-state index is 12.1. The summed E-state index contributed by atoms with van der Waals surface area (Å²) in [5.41, 5.74) is 0. The molecule has 1 aromatic heterocycles. The van der Waals surface area contributed by atoms with Crippen molar-refractivity contribution >= 4 is 18.2 Å². The highest BCUT2D eigenvalue weighted by molar-refractivity contribution is 6.02. The zero-order valence-electron chi connectivity index (χ0n) is 12.8. The second-order valence-electron chi connectivity index (χ2n) is 3.94. The summed E-state index contributed by atoms with van der Waals surface area (Å²) >= 11 is 0. The van der Waals surface area contributed by atoms with Gasteiger partial charge in [-0.25, -0.2) is 24.0 Å². The average Bonchev–Trinajstić information content (AvgIpc) is 2.95. The van der Waals surface area contributed by atoms with Crippen LogP contribution in [0, 0.1) is 0 Å². The summed E-state index contributed by atoms with van der Waals surface area (Å²) in [6.07, 6.45) is 1.15. The molecule has 0 saturated carbocycles. The number of amides is 2. The van der Waals surface area contributed by atoms with Crippen LogP contribution in [0.25, 0.3) is 0 Å². The molecule has 0 fully saturated rings. The fourth-order valence-corrected chi connectivity index (χ4v) is 1.49. The van der Waals surface area contributed by atoms with Crippen LogP contribution in [0.4, 0.5) is 9.59 Å². The molecule has 1 aromatic rings. The van der Waals surface area contributed by atoms with Crippen LogP contribution < -0.4 is 5.01 Å². The molecular weight excluding hydrogens is 294 g/mol. The van der Waals surface area contributed by atoms with Crippen molar-refractivity contribution in [1.82, 2.24) is 9.66 Å². The van der Waals surface area contributed by atoms with Gasteiger partial charge < -0.3 is 14.2 Å². The minimum atomic E-state index is -0.979. The van der Waals surface area contributed by atoms with Gasteiger partial charge in [0.05, 0.1) is 19.8 Å². The summed E-state index contributed by atoms with van der Waals surface area (Å²) in [6, 6.07) is 0. The Bertz CT molecular complexity index is 528. The summed E-state index contributed by atoms with van der Waals surface area (Å²) in [5, 5.41) is 0.554. The zero-order chi connectivity index (χ0) is 16.5. The van der Waals surface area contributed by atoms with Crippen molar-refractivity contribution in [3.05, 3.63) is 18.2 Å². The summed E-state index contributed by atoms with van der Waals surface area (Å²) in [6.45, 7) is 5.34. The molecule has 0 atom stereocenters. The van der Waals surface area contributed by atoms with Crippen LogP contribution in [0.3, 0.4) is 0 Å². The second-order valence-corrected chi connectivity index (χ2v) is 3.94. The molecule has 0 N–H and O–H groups in total. The molecule has 0 spiro atoms. The van der Waals surface area contributed by atoms with Gasteiger partial charge in [-0.1, -0.05) is 6.92 Å². The fourth-order valence-electron chi connectivity index (χ4n) is 1.49. The van der Waals surface area contributed by atoms with Gasteiger partial charge >= 0.3 is 18.2 Å². The lowest BCUT2D eigenvalue weighted by Gasteiger charge is -2.21. The van der Waals surface area contributed by atoms with E-state index in [9.17, 15) is 14.4 Å². The van der Waals surface area contributed by atoms with Crippen molar-refractivity contribution in [2.24, 2.45) is 0 Å². The third-order valence-electron chi connectivity index (χ3n) is 2.34. The maximum atomic E-state index is 12.1. The predicted molar refractivity (Wildman–Crippen MR) is 75.1 cm³/mol. The topological polar surface area (TPSA) is 100.0 Å². The largest absolute Gasteiger partial charge is 0.460 e. The Kier molecular flexibility index (Phi) is 6.87. The standard InChI is InChI=1S/C13H19N3O6/c1-4-9-22-13(19)16(12(18)21-6-3)15-8-7-14-10(15)11(17)20-5-2/h7-8H,4-6,9H2,1-3H3. The number of imidazole rings is 1. The van der Waals surface area contributed by atoms with Crippen LogP contribution in [0.15, 0.2) is 12.4 Å². The molecule has 0 aliphatic carbocycles. The molecule has 1 heterocycles. The van der Waals surface area contributed by atoms with Crippen LogP contribution in [-0.4, -0.2) is 47.6 Å². The molecule has 0 bridgehead atoms. The molecule has 22 heavy (non-hydrogen) atoms. The third kappa shape index (κ3) is 4.21. The highest BCUT2D eigenvalue weighted by Gasteiger charge is 2.30. The smallest absolute Gasteiger partial charge is 0.439 e. The van der Waals surface area contributed by atoms with Gasteiger partial charge in [-0.3, -0.25) is 0 Å². The number of aromatic nitrogens is 2. The van der Waals surface area contributed by atoms with E-state index in [1.54, 1.807) is 13.8 Å². The van der Waals surface area contributed by atoms with Crippen molar-refractivity contribution in [3.8, 4) is 0 Å². The molecule has 0 aliphatic rings. The average molecular weight is 313 g/mol. The number of carbonyl (C=O) groups is 3. The fraction of sp³-hybridized carbons (Fsp3) is 0.538. The van der Waals surface area contributed by atoms with Gasteiger partial charge in [0.15, 0.2) is 0 Å². The van der Waals surface area contributed by atoms with E-state index in [2.05, 4.69) is 4.98 Å². The molecule has 122 valence electrons. The van der Waals surface area contributed by atoms with Gasteiger partial charge in [0.1, 0.15) is 0 Å². The normalized spacial score (nSPS) is 9.95. The molecule has 0 aliphatic heterocycles. The van der Waals surface area contributed by atoms with Crippen LogP contribution in [0.1, 0.15) is 37.8 Å². The van der Waals surface area contributed by atoms with Crippen molar-refractivity contribution in [2.45, 2.75) is 27.2 Å². The van der Waals surface area contributed by atoms with E-state index >= 15 is 0 Å². The highest BCUT2D eigenvalue weighted by Crippen LogP contribution is 2.06. The minimum Gasteiger partial charge on any atom is -0.460 e. The van der Waals surface area contributed by atoms with Crippen LogP contribution in [-0.2, 0) is 14.2 Å². The first kappa shape index (κ1) is 17.5. The molecule has 9 heteroatoms. The number of rotatable bonds is 6. The Morgan fingerprint density at radius 3 is 2.32 bits per heavy atom. The Hall–Kier alpha value is -2.58. The van der Waals surface area contributed by atoms with E-state index < -0.39 is 18.2 Å². The first-order valence-electron chi connectivity index (χ1n) is 6.91. The second kappa shape index (κ2) is 8.65. The summed E-state index contributed by atoms with van der Waals surface area (Å²) < 4.78 is 15.5. The molecular formula is C13H19N3O6. The lowest BCUT2D eigenvalue weighted by atomic mass is 10.5. The lowest BCUT2D eigenvalue weighted by Crippen LogP contribution is -2.47. The van der Waals surface area contributed by atoms with E-state index in [1.165, 1.54) is 12.4 Å². The van der Waals surface area contributed by atoms with Gasteiger partial charge in [-0.15, -0.1) is 5.01 Å². The summed E-state index contributed by atoms with van der Waals surface area (Å²) in [7, 11) is 0. The van der Waals surface area contributed by atoms with Crippen LogP contribution >= 0.6 is 0 Å². The van der Waals surface area contributed by atoms with Crippen molar-refractivity contribution in [3.63, 3.8) is 0 Å². The van der Waals surface area contributed by atoms with Gasteiger partial charge in [0.2, 0.25) is 5.82 Å². The quantitative estimate of drug-likeness (QED) is 0.582. The molecule has 9 nitrogen and oxygen atoms in total. The first-order chi connectivity index (χ1) is 10.6. The lowest BCUT2D eigenvalue weighted by molar-refractivity contribution is 0.0505. The molecule has 0 unspecified atom stereocenters. The van der Waals surface area contributed by atoms with E-state index in [0.717, 1.165) is 4.68 Å². The minimum absolute atomic E-state index is 0.0554. The Morgan fingerprint density at radius 2 is 1.73 bits per heavy atom. The van der Waals surface area contributed by atoms with Gasteiger partial charge in [-0.05, 0) is 20.3 Å². The monoisotopic (exact) mass is 313 g/mol. The SMILES string of the molecule is CCCOC(=O)N(C(=O)OCC)n1ccnc1C(=O)OCC. The number of ether oxygens (including phenoxy) is 3. The van der Waals surface area contributed by atoms with Crippen molar-refractivity contribution in [2.75, 3.05) is 24.8 Å². The van der Waals surface area contributed by atoms with Crippen molar-refractivity contribution in [1.29, 1.82) is 0 Å². The zero-order valence-corrected chi connectivity index (χ0v) is 12.8. The Labute approximate surface area is 127 Å². The summed E-state index contributed by atoms with van der Waals surface area (Å²) in [5.74, 6) is -1.01. The van der Waals surface area contributed by atoms with E-state index in [1.807, 2.05) is 6.92 Å². The number of carbonyl (C=O) groups excluding carboxylic acids is 3. The molecule has 2 amide bonds. The summed E-state index contributed by atoms with van der Waals surface area (Å²) in [4.78, 5) is 39.6. The van der Waals surface area contributed by atoms with E-state index in [4.69, 9.17) is 14.2 Å². The molecule has 1 rings (SSSR count). The molecule has 0 aromatic carbocycles. The predicted octanol–water partition coefficient (Wildman–Crippen LogP) is 1.70. The van der Waals surface area contributed by atoms with Gasteiger partial charge in [0.25, 0.3) is 0 Å². The highest BCUT2D eigenvalue weighted by atomic mass is 16.6. The number of imide groups is 1. The Balaban J connectivity index is 3.11. The number of hydrogen-bond donors (Lipinski definition) is 0. The Morgan fingerprint density at radius 1 is 1.09 bits per heavy atom. The van der Waals surface area contributed by atoms with E-state index in [0.29, 0.717) is 11.4 Å². The van der Waals surface area contributed by atoms with Crippen LogP contribution in [0.2, 0.25) is 0 Å². The maximum Gasteiger partial charge on any atom is 0.439 e.